The summed E-state index contributed by atoms with van der Waals surface area (Å²) in [5.41, 5.74) is 10.0. The third-order valence-electron chi connectivity index (χ3n) is 8.45. The molecule has 0 radical (unpaired) electrons. The summed E-state index contributed by atoms with van der Waals surface area (Å²) >= 11 is 0. The van der Waals surface area contributed by atoms with E-state index in [1.54, 1.807) is 0 Å². The zero-order valence-electron chi connectivity index (χ0n) is 23.2. The lowest BCUT2D eigenvalue weighted by atomic mass is 9.84. The number of fused-ring (bicyclic) bond motifs is 3. The van der Waals surface area contributed by atoms with E-state index in [1.807, 2.05) is 0 Å². The van der Waals surface area contributed by atoms with Gasteiger partial charge in [-0.15, -0.1) is 0 Å². The zero-order valence-corrected chi connectivity index (χ0v) is 23.2. The van der Waals surface area contributed by atoms with Crippen molar-refractivity contribution in [3.63, 3.8) is 0 Å². The Balaban J connectivity index is 1.45. The lowest BCUT2D eigenvalue weighted by Crippen LogP contribution is -1.92. The average Bonchev–Trinajstić information content (AvgIpc) is 3.07. The molecule has 0 aliphatic carbocycles. The highest BCUT2D eigenvalue weighted by molar-refractivity contribution is 6.24. The first-order chi connectivity index (χ1) is 20.8. The highest BCUT2D eigenvalue weighted by Crippen LogP contribution is 2.45. The molecule has 0 saturated heterocycles. The standard InChI is InChI=1S/C42H28/c1-4-13-29(14-5-1)30-23-25-31(26-24-30)35-22-12-19-34-27-39-40(28-38(34)35)42(33-17-8-3-9-18-33)37-21-11-10-20-36(37)41(39)32-15-6-2-7-16-32/h1-28H. The molecule has 0 aliphatic heterocycles. The molecule has 8 rings (SSSR count). The van der Waals surface area contributed by atoms with Gasteiger partial charge < -0.3 is 0 Å². The van der Waals surface area contributed by atoms with Crippen molar-refractivity contribution in [2.45, 2.75) is 0 Å². The van der Waals surface area contributed by atoms with Crippen molar-refractivity contribution in [3.8, 4) is 44.5 Å². The Morgan fingerprint density at radius 2 is 0.690 bits per heavy atom. The van der Waals surface area contributed by atoms with Crippen LogP contribution < -0.4 is 0 Å². The number of rotatable bonds is 4. The average molecular weight is 533 g/mol. The van der Waals surface area contributed by atoms with Crippen LogP contribution in [0.25, 0.3) is 76.8 Å². The van der Waals surface area contributed by atoms with Crippen LogP contribution >= 0.6 is 0 Å². The van der Waals surface area contributed by atoms with Crippen molar-refractivity contribution in [1.29, 1.82) is 0 Å². The Hall–Kier alpha value is -5.46. The lowest BCUT2D eigenvalue weighted by molar-refractivity contribution is 1.60. The Bertz CT molecular complexity index is 2190. The summed E-state index contributed by atoms with van der Waals surface area (Å²) < 4.78 is 0. The molecule has 0 saturated carbocycles. The fourth-order valence-electron chi connectivity index (χ4n) is 6.50. The second-order valence-corrected chi connectivity index (χ2v) is 10.9. The van der Waals surface area contributed by atoms with Crippen LogP contribution in [0, 0.1) is 0 Å². The van der Waals surface area contributed by atoms with E-state index >= 15 is 0 Å². The van der Waals surface area contributed by atoms with E-state index < -0.39 is 0 Å². The Morgan fingerprint density at radius 1 is 0.238 bits per heavy atom. The van der Waals surface area contributed by atoms with Gasteiger partial charge in [-0.1, -0.05) is 158 Å². The van der Waals surface area contributed by atoms with E-state index in [0.717, 1.165) is 0 Å². The fraction of sp³-hybridized carbons (Fsp3) is 0. The van der Waals surface area contributed by atoms with Gasteiger partial charge in [0.15, 0.2) is 0 Å². The normalized spacial score (nSPS) is 11.3. The first-order valence-electron chi connectivity index (χ1n) is 14.5. The van der Waals surface area contributed by atoms with Crippen LogP contribution in [0.15, 0.2) is 170 Å². The van der Waals surface area contributed by atoms with Crippen LogP contribution in [0.3, 0.4) is 0 Å². The quantitative estimate of drug-likeness (QED) is 0.198. The van der Waals surface area contributed by atoms with Gasteiger partial charge in [-0.2, -0.15) is 0 Å². The smallest absolute Gasteiger partial charge is 0.00261 e. The van der Waals surface area contributed by atoms with Gasteiger partial charge in [0, 0.05) is 0 Å². The highest BCUT2D eigenvalue weighted by Gasteiger charge is 2.18. The molecular formula is C42H28. The third kappa shape index (κ3) is 4.08. The van der Waals surface area contributed by atoms with Gasteiger partial charge in [0.05, 0.1) is 0 Å². The molecule has 0 bridgehead atoms. The van der Waals surface area contributed by atoms with E-state index in [-0.39, 0.29) is 0 Å². The summed E-state index contributed by atoms with van der Waals surface area (Å²) in [6.07, 6.45) is 0. The maximum atomic E-state index is 2.44. The van der Waals surface area contributed by atoms with Crippen molar-refractivity contribution in [2.75, 3.05) is 0 Å². The van der Waals surface area contributed by atoms with Crippen LogP contribution in [0.2, 0.25) is 0 Å². The summed E-state index contributed by atoms with van der Waals surface area (Å²) in [5, 5.41) is 7.63. The van der Waals surface area contributed by atoms with Crippen LogP contribution in [0.4, 0.5) is 0 Å². The minimum Gasteiger partial charge on any atom is -0.0622 e. The lowest BCUT2D eigenvalue weighted by Gasteiger charge is -2.19. The summed E-state index contributed by atoms with van der Waals surface area (Å²) in [6, 6.07) is 61.7. The first kappa shape index (κ1) is 24.3. The zero-order chi connectivity index (χ0) is 27.9. The van der Waals surface area contributed by atoms with Crippen LogP contribution in [0.5, 0.6) is 0 Å². The molecule has 196 valence electrons. The molecule has 0 aromatic heterocycles. The van der Waals surface area contributed by atoms with Crippen LogP contribution in [-0.2, 0) is 0 Å². The van der Waals surface area contributed by atoms with E-state index in [0.29, 0.717) is 0 Å². The summed E-state index contributed by atoms with van der Waals surface area (Å²) in [7, 11) is 0. The number of benzene rings is 8. The Kier molecular flexibility index (Phi) is 5.90. The second kappa shape index (κ2) is 10.2. The maximum Gasteiger partial charge on any atom is -0.00261 e. The molecule has 0 nitrogen and oxygen atoms in total. The Morgan fingerprint density at radius 3 is 1.26 bits per heavy atom. The van der Waals surface area contributed by atoms with Gasteiger partial charge in [-0.3, -0.25) is 0 Å². The molecule has 0 fully saturated rings. The predicted octanol–water partition coefficient (Wildman–Crippen LogP) is 11.8. The van der Waals surface area contributed by atoms with Gasteiger partial charge >= 0.3 is 0 Å². The van der Waals surface area contributed by atoms with Crippen molar-refractivity contribution >= 4 is 32.3 Å². The van der Waals surface area contributed by atoms with E-state index in [9.17, 15) is 0 Å². The monoisotopic (exact) mass is 532 g/mol. The summed E-state index contributed by atoms with van der Waals surface area (Å²) in [4.78, 5) is 0. The van der Waals surface area contributed by atoms with Crippen molar-refractivity contribution in [2.24, 2.45) is 0 Å². The van der Waals surface area contributed by atoms with Gasteiger partial charge in [0.2, 0.25) is 0 Å². The third-order valence-corrected chi connectivity index (χ3v) is 8.45. The van der Waals surface area contributed by atoms with Gasteiger partial charge in [-0.25, -0.2) is 0 Å². The van der Waals surface area contributed by atoms with Crippen molar-refractivity contribution in [1.82, 2.24) is 0 Å². The molecular weight excluding hydrogens is 504 g/mol. The fourth-order valence-corrected chi connectivity index (χ4v) is 6.50. The maximum absolute atomic E-state index is 2.44. The van der Waals surface area contributed by atoms with Crippen molar-refractivity contribution in [3.05, 3.63) is 170 Å². The van der Waals surface area contributed by atoms with Gasteiger partial charge in [0.1, 0.15) is 0 Å². The van der Waals surface area contributed by atoms with Crippen molar-refractivity contribution < 1.29 is 0 Å². The molecule has 0 unspecified atom stereocenters. The second-order valence-electron chi connectivity index (χ2n) is 10.9. The molecule has 0 spiro atoms. The largest absolute Gasteiger partial charge is 0.0622 e. The van der Waals surface area contributed by atoms with E-state index in [2.05, 4.69) is 170 Å². The highest BCUT2D eigenvalue weighted by atomic mass is 14.2. The predicted molar refractivity (Wildman–Crippen MR) is 181 cm³/mol. The SMILES string of the molecule is c1ccc(-c2ccc(-c3cccc4cc5c(-c6ccccc6)c6ccccc6c(-c6ccccc6)c5cc34)cc2)cc1. The molecule has 0 heterocycles. The minimum atomic E-state index is 1.23. The molecule has 0 atom stereocenters. The topological polar surface area (TPSA) is 0 Å². The summed E-state index contributed by atoms with van der Waals surface area (Å²) in [5.74, 6) is 0. The molecule has 0 N–H and O–H groups in total. The molecule has 0 amide bonds. The molecule has 0 aliphatic rings. The van der Waals surface area contributed by atoms with Gasteiger partial charge in [-0.05, 0) is 89.0 Å². The Labute approximate surface area is 246 Å². The van der Waals surface area contributed by atoms with Crippen LogP contribution in [-0.4, -0.2) is 0 Å². The number of hydrogen-bond donors (Lipinski definition) is 0. The summed E-state index contributed by atoms with van der Waals surface area (Å²) in [6.45, 7) is 0. The van der Waals surface area contributed by atoms with Crippen LogP contribution in [0.1, 0.15) is 0 Å². The molecule has 8 aromatic carbocycles. The van der Waals surface area contributed by atoms with Gasteiger partial charge in [0.25, 0.3) is 0 Å². The van der Waals surface area contributed by atoms with E-state index in [4.69, 9.17) is 0 Å². The first-order valence-corrected chi connectivity index (χ1v) is 14.5. The minimum absolute atomic E-state index is 1.23. The van der Waals surface area contributed by atoms with E-state index in [1.165, 1.54) is 76.8 Å². The molecule has 8 aromatic rings. The number of hydrogen-bond acceptors (Lipinski definition) is 0. The molecule has 0 heteroatoms. The molecule has 42 heavy (non-hydrogen) atoms.